The molecule has 1 saturated heterocycles. The largest absolute Gasteiger partial charge is 0.343 e. The van der Waals surface area contributed by atoms with Crippen LogP contribution in [-0.4, -0.2) is 56.5 Å². The number of rotatable bonds is 5. The van der Waals surface area contributed by atoms with Gasteiger partial charge in [-0.15, -0.1) is 0 Å². The van der Waals surface area contributed by atoms with E-state index in [0.717, 1.165) is 21.4 Å². The summed E-state index contributed by atoms with van der Waals surface area (Å²) in [6.45, 7) is 1.34. The average molecular weight is 438 g/mol. The molecular weight excluding hydrogens is 418 g/mol. The fourth-order valence-electron chi connectivity index (χ4n) is 3.94. The Hall–Kier alpha value is -3.87. The van der Waals surface area contributed by atoms with Crippen LogP contribution in [0.2, 0.25) is 0 Å². The minimum Gasteiger partial charge on any atom is -0.343 e. The Morgan fingerprint density at radius 1 is 1.28 bits per heavy atom. The van der Waals surface area contributed by atoms with Crippen LogP contribution < -0.4 is 5.32 Å². The van der Waals surface area contributed by atoms with E-state index in [0.29, 0.717) is 12.1 Å². The zero-order valence-electron chi connectivity index (χ0n) is 17.3. The molecule has 2 aromatic heterocycles. The third-order valence-electron chi connectivity index (χ3n) is 5.48. The van der Waals surface area contributed by atoms with Crippen molar-refractivity contribution in [1.29, 1.82) is 5.26 Å². The van der Waals surface area contributed by atoms with Crippen molar-refractivity contribution in [3.05, 3.63) is 48.4 Å². The maximum Gasteiger partial charge on any atom is 0.268 e. The van der Waals surface area contributed by atoms with Crippen molar-refractivity contribution in [2.45, 2.75) is 31.9 Å². The molecule has 0 aliphatic carbocycles. The number of amides is 2. The van der Waals surface area contributed by atoms with Gasteiger partial charge in [0.05, 0.1) is 36.4 Å². The smallest absolute Gasteiger partial charge is 0.268 e. The van der Waals surface area contributed by atoms with Gasteiger partial charge in [-0.1, -0.05) is 12.1 Å². The van der Waals surface area contributed by atoms with E-state index >= 15 is 0 Å². The summed E-state index contributed by atoms with van der Waals surface area (Å²) in [6, 6.07) is 7.69. The van der Waals surface area contributed by atoms with Crippen molar-refractivity contribution in [1.82, 2.24) is 25.0 Å². The van der Waals surface area contributed by atoms with E-state index < -0.39 is 43.3 Å². The molecular formula is C22H20F2N6O2. The molecule has 32 heavy (non-hydrogen) atoms. The van der Waals surface area contributed by atoms with E-state index in [1.54, 1.807) is 18.5 Å². The Kier molecular flexibility index (Phi) is 5.57. The van der Waals surface area contributed by atoms with E-state index in [4.69, 9.17) is 5.26 Å². The number of carbonyl (C=O) groups is 2. The maximum atomic E-state index is 13.6. The number of halogens is 2. The minimum atomic E-state index is -3.11. The minimum absolute atomic E-state index is 0.285. The molecule has 8 nitrogen and oxygen atoms in total. The fourth-order valence-corrected chi connectivity index (χ4v) is 3.94. The fraction of sp³-hybridized carbons (Fsp3) is 0.318. The monoisotopic (exact) mass is 438 g/mol. The van der Waals surface area contributed by atoms with Gasteiger partial charge in [0.15, 0.2) is 0 Å². The highest BCUT2D eigenvalue weighted by atomic mass is 19.3. The summed E-state index contributed by atoms with van der Waals surface area (Å²) in [5.74, 6) is -4.39. The van der Waals surface area contributed by atoms with Crippen molar-refractivity contribution in [2.24, 2.45) is 0 Å². The van der Waals surface area contributed by atoms with Gasteiger partial charge in [0.2, 0.25) is 5.91 Å². The third kappa shape index (κ3) is 3.89. The van der Waals surface area contributed by atoms with Crippen LogP contribution in [0, 0.1) is 11.3 Å². The van der Waals surface area contributed by atoms with Crippen molar-refractivity contribution in [3.63, 3.8) is 0 Å². The summed E-state index contributed by atoms with van der Waals surface area (Å²) < 4.78 is 29.0. The number of nitriles is 1. The van der Waals surface area contributed by atoms with E-state index in [2.05, 4.69) is 15.4 Å². The van der Waals surface area contributed by atoms with Crippen LogP contribution in [0.4, 0.5) is 8.78 Å². The number of aromatic nitrogens is 3. The first kappa shape index (κ1) is 21.4. The summed E-state index contributed by atoms with van der Waals surface area (Å²) in [5.41, 5.74) is 2.51. The lowest BCUT2D eigenvalue weighted by Gasteiger charge is -2.19. The number of aryl methyl sites for hydroxylation is 1. The molecule has 0 saturated carbocycles. The van der Waals surface area contributed by atoms with Crippen LogP contribution in [0.5, 0.6) is 0 Å². The second-order valence-electron chi connectivity index (χ2n) is 7.53. The van der Waals surface area contributed by atoms with Gasteiger partial charge in [-0.05, 0) is 24.6 Å². The molecule has 10 heteroatoms. The van der Waals surface area contributed by atoms with Gasteiger partial charge < -0.3 is 10.2 Å². The number of hydrogen-bond acceptors (Lipinski definition) is 5. The van der Waals surface area contributed by atoms with Crippen LogP contribution in [-0.2, 0) is 11.3 Å². The van der Waals surface area contributed by atoms with Crippen molar-refractivity contribution in [2.75, 3.05) is 13.1 Å². The molecule has 1 unspecified atom stereocenters. The highest BCUT2D eigenvalue weighted by Crippen LogP contribution is 2.32. The predicted molar refractivity (Wildman–Crippen MR) is 112 cm³/mol. The number of fused-ring (bicyclic) bond motifs is 1. The second kappa shape index (κ2) is 8.34. The van der Waals surface area contributed by atoms with Gasteiger partial charge in [0.1, 0.15) is 6.04 Å². The van der Waals surface area contributed by atoms with Crippen molar-refractivity contribution < 1.29 is 18.4 Å². The van der Waals surface area contributed by atoms with Crippen LogP contribution in [0.15, 0.2) is 42.9 Å². The molecule has 164 valence electrons. The Morgan fingerprint density at radius 2 is 2.09 bits per heavy atom. The van der Waals surface area contributed by atoms with Gasteiger partial charge in [-0.3, -0.25) is 19.3 Å². The quantitative estimate of drug-likeness (QED) is 0.660. The number of benzene rings is 1. The summed E-state index contributed by atoms with van der Waals surface area (Å²) >= 11 is 0. The average Bonchev–Trinajstić information content (AvgIpc) is 3.36. The number of alkyl halides is 2. The number of carbonyl (C=O) groups excluding carboxylic acids is 2. The first-order valence-corrected chi connectivity index (χ1v) is 10.1. The lowest BCUT2D eigenvalue weighted by Crippen LogP contribution is -2.43. The second-order valence-corrected chi connectivity index (χ2v) is 7.53. The standard InChI is InChI=1S/C22H20F2N6O2/c1-2-30-19-5-3-4-15(18(19)11-28-30)17-10-26-7-6-16(17)21(32)27-12-20(31)29-13-22(23,24)8-14(29)9-25/h3-7,10-11,14H,2,8,12-13H2,1H3,(H,27,32). The number of nitrogens with one attached hydrogen (secondary N) is 1. The Balaban J connectivity index is 1.56. The molecule has 3 aromatic rings. The first-order chi connectivity index (χ1) is 15.3. The number of hydrogen-bond donors (Lipinski definition) is 1. The third-order valence-corrected chi connectivity index (χ3v) is 5.48. The van der Waals surface area contributed by atoms with E-state index in [9.17, 15) is 18.4 Å². The molecule has 2 amide bonds. The van der Waals surface area contributed by atoms with Gasteiger partial charge in [-0.25, -0.2) is 8.78 Å². The van der Waals surface area contributed by atoms with Crippen LogP contribution in [0.25, 0.3) is 22.0 Å². The van der Waals surface area contributed by atoms with E-state index in [1.165, 1.54) is 12.3 Å². The molecule has 1 aromatic carbocycles. The van der Waals surface area contributed by atoms with Crippen LogP contribution in [0.1, 0.15) is 23.7 Å². The van der Waals surface area contributed by atoms with Gasteiger partial charge in [0, 0.05) is 36.3 Å². The van der Waals surface area contributed by atoms with Gasteiger partial charge in [0.25, 0.3) is 11.8 Å². The molecule has 4 rings (SSSR count). The zero-order chi connectivity index (χ0) is 22.9. The Bertz CT molecular complexity index is 1230. The van der Waals surface area contributed by atoms with Crippen LogP contribution in [0.3, 0.4) is 0 Å². The maximum absolute atomic E-state index is 13.6. The topological polar surface area (TPSA) is 104 Å². The molecule has 1 aliphatic rings. The Labute approximate surface area is 182 Å². The zero-order valence-corrected chi connectivity index (χ0v) is 17.3. The summed E-state index contributed by atoms with van der Waals surface area (Å²) in [7, 11) is 0. The molecule has 1 atom stereocenters. The molecule has 0 spiro atoms. The van der Waals surface area contributed by atoms with Gasteiger partial charge in [-0.2, -0.15) is 10.4 Å². The van der Waals surface area contributed by atoms with Crippen molar-refractivity contribution in [3.8, 4) is 17.2 Å². The van der Waals surface area contributed by atoms with Crippen molar-refractivity contribution >= 4 is 22.7 Å². The summed E-state index contributed by atoms with van der Waals surface area (Å²) in [4.78, 5) is 30.2. The SMILES string of the molecule is CCn1ncc2c(-c3cnccc3C(=O)NCC(=O)N3CC(F)(F)CC3C#N)cccc21. The van der Waals surface area contributed by atoms with E-state index in [-0.39, 0.29) is 5.56 Å². The predicted octanol–water partition coefficient (Wildman–Crippen LogP) is 2.61. The molecule has 3 heterocycles. The number of likely N-dealkylation sites (tertiary alicyclic amines) is 1. The normalized spacial score (nSPS) is 17.3. The first-order valence-electron chi connectivity index (χ1n) is 10.1. The van der Waals surface area contributed by atoms with Crippen LogP contribution >= 0.6 is 0 Å². The summed E-state index contributed by atoms with van der Waals surface area (Å²) in [6.07, 6.45) is 4.04. The van der Waals surface area contributed by atoms with E-state index in [1.807, 2.05) is 29.8 Å². The number of pyridine rings is 1. The van der Waals surface area contributed by atoms with Gasteiger partial charge >= 0.3 is 0 Å². The number of nitrogens with zero attached hydrogens (tertiary/aromatic N) is 5. The molecule has 0 radical (unpaired) electrons. The highest BCUT2D eigenvalue weighted by molar-refractivity contribution is 6.05. The summed E-state index contributed by atoms with van der Waals surface area (Å²) in [5, 5.41) is 16.8. The lowest BCUT2D eigenvalue weighted by atomic mass is 9.98. The lowest BCUT2D eigenvalue weighted by molar-refractivity contribution is -0.131. The molecule has 1 N–H and O–H groups in total. The highest BCUT2D eigenvalue weighted by Gasteiger charge is 2.47. The molecule has 0 bridgehead atoms. The Morgan fingerprint density at radius 3 is 2.84 bits per heavy atom. The molecule has 1 fully saturated rings. The molecule has 1 aliphatic heterocycles.